The maximum Gasteiger partial charge on any atom is 0.264 e. The van der Waals surface area contributed by atoms with Crippen LogP contribution in [0.15, 0.2) is 71.6 Å². The molecular formula is C30H37N3O4S. The molecule has 0 fully saturated rings. The van der Waals surface area contributed by atoms with Gasteiger partial charge < -0.3 is 10.2 Å². The van der Waals surface area contributed by atoms with Gasteiger partial charge in [0.1, 0.15) is 12.6 Å². The number of hydrogen-bond donors (Lipinski definition) is 1. The number of anilines is 1. The van der Waals surface area contributed by atoms with Crippen molar-refractivity contribution in [1.29, 1.82) is 0 Å². The van der Waals surface area contributed by atoms with Crippen molar-refractivity contribution in [3.63, 3.8) is 0 Å². The molecule has 0 spiro atoms. The zero-order valence-corrected chi connectivity index (χ0v) is 23.8. The van der Waals surface area contributed by atoms with Gasteiger partial charge >= 0.3 is 0 Å². The number of amides is 2. The molecular weight excluding hydrogens is 498 g/mol. The molecule has 0 saturated carbocycles. The van der Waals surface area contributed by atoms with Crippen LogP contribution < -0.4 is 9.62 Å². The van der Waals surface area contributed by atoms with Gasteiger partial charge in [0.25, 0.3) is 10.0 Å². The Balaban J connectivity index is 2.11. The molecule has 0 aliphatic heterocycles. The molecule has 0 saturated heterocycles. The highest BCUT2D eigenvalue weighted by Crippen LogP contribution is 2.28. The third kappa shape index (κ3) is 6.42. The van der Waals surface area contributed by atoms with Crippen molar-refractivity contribution >= 4 is 27.5 Å². The van der Waals surface area contributed by atoms with Crippen molar-refractivity contribution in [3.8, 4) is 0 Å². The molecule has 0 aliphatic rings. The number of carbonyl (C=O) groups excluding carboxylic acids is 2. The van der Waals surface area contributed by atoms with Crippen LogP contribution in [-0.2, 0) is 26.2 Å². The SMILES string of the molecule is CCC(C(=O)NC)N(Cc1ccccc1C)C(=O)CN(c1ccc(C)cc1C)S(=O)(=O)c1ccc(C)cc1. The number of sulfonamides is 1. The summed E-state index contributed by atoms with van der Waals surface area (Å²) in [4.78, 5) is 28.4. The summed E-state index contributed by atoms with van der Waals surface area (Å²) in [6, 6.07) is 18.9. The second-order valence-electron chi connectivity index (χ2n) is 9.60. The zero-order chi connectivity index (χ0) is 28.0. The van der Waals surface area contributed by atoms with E-state index in [0.29, 0.717) is 12.1 Å². The lowest BCUT2D eigenvalue weighted by Crippen LogP contribution is -2.52. The normalized spacial score (nSPS) is 12.1. The number of nitrogens with one attached hydrogen (secondary N) is 1. The third-order valence-electron chi connectivity index (χ3n) is 6.74. The van der Waals surface area contributed by atoms with Crippen molar-refractivity contribution < 1.29 is 18.0 Å². The molecule has 0 radical (unpaired) electrons. The van der Waals surface area contributed by atoms with Gasteiger partial charge in [0.2, 0.25) is 11.8 Å². The van der Waals surface area contributed by atoms with Crippen molar-refractivity contribution in [2.45, 2.75) is 58.5 Å². The Labute approximate surface area is 226 Å². The van der Waals surface area contributed by atoms with Crippen LogP contribution in [0.5, 0.6) is 0 Å². The first-order valence-electron chi connectivity index (χ1n) is 12.7. The van der Waals surface area contributed by atoms with Crippen LogP contribution >= 0.6 is 0 Å². The molecule has 2 amide bonds. The Morgan fingerprint density at radius 3 is 2.08 bits per heavy atom. The zero-order valence-electron chi connectivity index (χ0n) is 23.0. The smallest absolute Gasteiger partial charge is 0.264 e. The fourth-order valence-corrected chi connectivity index (χ4v) is 5.97. The first-order valence-corrected chi connectivity index (χ1v) is 14.2. The molecule has 38 heavy (non-hydrogen) atoms. The van der Waals surface area contributed by atoms with Gasteiger partial charge in [-0.1, -0.05) is 66.6 Å². The van der Waals surface area contributed by atoms with Crippen molar-refractivity contribution in [1.82, 2.24) is 10.2 Å². The molecule has 8 heteroatoms. The quantitative estimate of drug-likeness (QED) is 0.409. The van der Waals surface area contributed by atoms with Crippen LogP contribution in [0.2, 0.25) is 0 Å². The van der Waals surface area contributed by atoms with E-state index in [2.05, 4.69) is 5.32 Å². The molecule has 0 aliphatic carbocycles. The second kappa shape index (κ2) is 12.3. The number of hydrogen-bond acceptors (Lipinski definition) is 4. The number of rotatable bonds is 10. The highest BCUT2D eigenvalue weighted by molar-refractivity contribution is 7.92. The Bertz CT molecular complexity index is 1400. The molecule has 3 aromatic carbocycles. The lowest BCUT2D eigenvalue weighted by molar-refractivity contribution is -0.140. The van der Waals surface area contributed by atoms with Gasteiger partial charge in [0.15, 0.2) is 0 Å². The highest BCUT2D eigenvalue weighted by atomic mass is 32.2. The fourth-order valence-electron chi connectivity index (χ4n) is 4.49. The van der Waals surface area contributed by atoms with Gasteiger partial charge in [-0.3, -0.25) is 13.9 Å². The summed E-state index contributed by atoms with van der Waals surface area (Å²) in [5.41, 5.74) is 4.94. The average Bonchev–Trinajstić information content (AvgIpc) is 2.88. The van der Waals surface area contributed by atoms with E-state index in [1.165, 1.54) is 11.9 Å². The topological polar surface area (TPSA) is 86.8 Å². The summed E-state index contributed by atoms with van der Waals surface area (Å²) >= 11 is 0. The van der Waals surface area contributed by atoms with Gasteiger partial charge in [-0.05, 0) is 69.0 Å². The summed E-state index contributed by atoms with van der Waals surface area (Å²) in [6.07, 6.45) is 0.381. The van der Waals surface area contributed by atoms with E-state index in [-0.39, 0.29) is 17.3 Å². The number of carbonyl (C=O) groups is 2. The first kappa shape index (κ1) is 28.9. The molecule has 1 atom stereocenters. The number of aryl methyl sites for hydroxylation is 4. The monoisotopic (exact) mass is 535 g/mol. The number of likely N-dealkylation sites (N-methyl/N-ethyl adjacent to an activating group) is 1. The minimum atomic E-state index is -4.09. The van der Waals surface area contributed by atoms with Gasteiger partial charge in [-0.2, -0.15) is 0 Å². The van der Waals surface area contributed by atoms with Crippen molar-refractivity contribution in [3.05, 3.63) is 94.5 Å². The van der Waals surface area contributed by atoms with Crippen molar-refractivity contribution in [2.75, 3.05) is 17.9 Å². The molecule has 3 rings (SSSR count). The third-order valence-corrected chi connectivity index (χ3v) is 8.52. The predicted molar refractivity (Wildman–Crippen MR) is 152 cm³/mol. The minimum Gasteiger partial charge on any atom is -0.357 e. The summed E-state index contributed by atoms with van der Waals surface area (Å²) in [5.74, 6) is -0.756. The molecule has 0 heterocycles. The van der Waals surface area contributed by atoms with Crippen LogP contribution in [-0.4, -0.2) is 44.8 Å². The van der Waals surface area contributed by atoms with E-state index in [9.17, 15) is 18.0 Å². The van der Waals surface area contributed by atoms with Gasteiger partial charge in [0, 0.05) is 13.6 Å². The van der Waals surface area contributed by atoms with Crippen molar-refractivity contribution in [2.24, 2.45) is 0 Å². The second-order valence-corrected chi connectivity index (χ2v) is 11.5. The lowest BCUT2D eigenvalue weighted by atomic mass is 10.1. The Morgan fingerprint density at radius 2 is 1.50 bits per heavy atom. The first-order chi connectivity index (χ1) is 18.0. The molecule has 1 N–H and O–H groups in total. The standard InChI is InChI=1S/C30H37N3O4S/c1-7-27(30(35)31-6)32(19-25-11-9-8-10-23(25)4)29(34)20-33(28-17-14-22(3)18-24(28)5)38(36,37)26-15-12-21(2)13-16-26/h8-18,27H,7,19-20H2,1-6H3,(H,31,35). The van der Waals surface area contributed by atoms with Crippen LogP contribution in [0.4, 0.5) is 5.69 Å². The maximum absolute atomic E-state index is 14.0. The molecule has 202 valence electrons. The Kier molecular flexibility index (Phi) is 9.33. The van der Waals surface area contributed by atoms with Crippen LogP contribution in [0.25, 0.3) is 0 Å². The average molecular weight is 536 g/mol. The van der Waals surface area contributed by atoms with E-state index in [1.807, 2.05) is 71.0 Å². The van der Waals surface area contributed by atoms with E-state index >= 15 is 0 Å². The fraction of sp³-hybridized carbons (Fsp3) is 0.333. The molecule has 0 aromatic heterocycles. The van der Waals surface area contributed by atoms with Gasteiger partial charge in [-0.15, -0.1) is 0 Å². The minimum absolute atomic E-state index is 0.0969. The summed E-state index contributed by atoms with van der Waals surface area (Å²) in [7, 11) is -2.56. The number of benzene rings is 3. The van der Waals surface area contributed by atoms with Crippen LogP contribution in [0.3, 0.4) is 0 Å². The van der Waals surface area contributed by atoms with Crippen LogP contribution in [0.1, 0.15) is 41.2 Å². The largest absolute Gasteiger partial charge is 0.357 e. The predicted octanol–water partition coefficient (Wildman–Crippen LogP) is 4.67. The van der Waals surface area contributed by atoms with E-state index < -0.39 is 28.5 Å². The highest BCUT2D eigenvalue weighted by Gasteiger charge is 2.34. The van der Waals surface area contributed by atoms with Gasteiger partial charge in [0.05, 0.1) is 10.6 Å². The van der Waals surface area contributed by atoms with E-state index in [0.717, 1.165) is 32.1 Å². The lowest BCUT2D eigenvalue weighted by Gasteiger charge is -2.33. The van der Waals surface area contributed by atoms with Crippen LogP contribution in [0, 0.1) is 27.7 Å². The van der Waals surface area contributed by atoms with E-state index in [4.69, 9.17) is 0 Å². The maximum atomic E-state index is 14.0. The Morgan fingerprint density at radius 1 is 0.868 bits per heavy atom. The molecule has 1 unspecified atom stereocenters. The molecule has 3 aromatic rings. The summed E-state index contributed by atoms with van der Waals surface area (Å²) < 4.78 is 29.1. The summed E-state index contributed by atoms with van der Waals surface area (Å²) in [6.45, 7) is 9.16. The Hall–Kier alpha value is -3.65. The molecule has 7 nitrogen and oxygen atoms in total. The van der Waals surface area contributed by atoms with E-state index in [1.54, 1.807) is 30.3 Å². The van der Waals surface area contributed by atoms with Gasteiger partial charge in [-0.25, -0.2) is 8.42 Å². The summed E-state index contributed by atoms with van der Waals surface area (Å²) in [5, 5.41) is 2.65. The molecule has 0 bridgehead atoms. The number of nitrogens with zero attached hydrogens (tertiary/aromatic N) is 2.